The van der Waals surface area contributed by atoms with Gasteiger partial charge in [-0.3, -0.25) is 0 Å². The van der Waals surface area contributed by atoms with Crippen molar-refractivity contribution in [2.24, 2.45) is 0 Å². The van der Waals surface area contributed by atoms with Crippen LogP contribution in [0.4, 0.5) is 0 Å². The van der Waals surface area contributed by atoms with E-state index in [1.165, 1.54) is 37.0 Å². The van der Waals surface area contributed by atoms with Crippen molar-refractivity contribution < 1.29 is 9.90 Å². The van der Waals surface area contributed by atoms with Crippen LogP contribution in [0.1, 0.15) is 46.8 Å². The van der Waals surface area contributed by atoms with Crippen LogP contribution in [0.2, 0.25) is 0 Å². The van der Waals surface area contributed by atoms with Crippen molar-refractivity contribution in [3.8, 4) is 0 Å². The lowest BCUT2D eigenvalue weighted by atomic mass is 9.97. The Bertz CT molecular complexity index is 740. The molecule has 0 amide bonds. The van der Waals surface area contributed by atoms with Crippen LogP contribution in [0.5, 0.6) is 0 Å². The third-order valence-corrected chi connectivity index (χ3v) is 5.14. The topological polar surface area (TPSA) is 45.5 Å². The molecule has 1 fully saturated rings. The zero-order chi connectivity index (χ0) is 16.6. The smallest absolute Gasteiger partial charge is 0.335 e. The van der Waals surface area contributed by atoms with Gasteiger partial charge in [0.15, 0.2) is 0 Å². The highest BCUT2D eigenvalue weighted by Crippen LogP contribution is 2.31. The zero-order valence-corrected chi connectivity index (χ0v) is 14.4. The van der Waals surface area contributed by atoms with Crippen molar-refractivity contribution in [1.82, 2.24) is 9.47 Å². The lowest BCUT2D eigenvalue weighted by Gasteiger charge is -2.14. The molecule has 1 aromatic heterocycles. The summed E-state index contributed by atoms with van der Waals surface area (Å²) in [7, 11) is 0. The molecule has 0 unspecified atom stereocenters. The van der Waals surface area contributed by atoms with Crippen molar-refractivity contribution in [3.63, 3.8) is 0 Å². The zero-order valence-electron chi connectivity index (χ0n) is 14.4. The normalized spacial score (nSPS) is 15.6. The molecule has 1 aromatic carbocycles. The van der Waals surface area contributed by atoms with Gasteiger partial charge in [0.25, 0.3) is 0 Å². The van der Waals surface area contributed by atoms with Gasteiger partial charge in [-0.2, -0.15) is 0 Å². The number of rotatable bonds is 5. The molecule has 0 saturated carbocycles. The number of carbonyl (C=O) groups is 1. The first-order valence-electron chi connectivity index (χ1n) is 8.60. The van der Waals surface area contributed by atoms with Crippen LogP contribution in [0.3, 0.4) is 0 Å². The van der Waals surface area contributed by atoms with E-state index in [4.69, 9.17) is 0 Å². The van der Waals surface area contributed by atoms with Gasteiger partial charge in [0.2, 0.25) is 0 Å². The van der Waals surface area contributed by atoms with Gasteiger partial charge in [-0.05, 0) is 75.9 Å². The molecule has 2 aromatic rings. The van der Waals surface area contributed by atoms with Crippen LogP contribution in [0.25, 0.3) is 10.9 Å². The van der Waals surface area contributed by atoms with Gasteiger partial charge in [-0.1, -0.05) is 0 Å². The molecule has 3 rings (SSSR count). The van der Waals surface area contributed by atoms with Crippen molar-refractivity contribution in [3.05, 3.63) is 34.5 Å². The number of carboxylic acids is 1. The molecule has 0 radical (unpaired) electrons. The number of hydrogen-bond acceptors (Lipinski definition) is 2. The Labute approximate surface area is 137 Å². The van der Waals surface area contributed by atoms with Crippen LogP contribution in [0.15, 0.2) is 12.3 Å². The number of aromatic carboxylic acids is 1. The van der Waals surface area contributed by atoms with Gasteiger partial charge >= 0.3 is 5.97 Å². The highest BCUT2D eigenvalue weighted by atomic mass is 16.4. The number of fused-ring (bicyclic) bond motifs is 1. The third kappa shape index (κ3) is 2.88. The lowest BCUT2D eigenvalue weighted by Crippen LogP contribution is -2.21. The summed E-state index contributed by atoms with van der Waals surface area (Å²) in [5, 5.41) is 10.6. The summed E-state index contributed by atoms with van der Waals surface area (Å²) in [6.45, 7) is 10.5. The molecule has 4 heteroatoms. The minimum absolute atomic E-state index is 0.436. The average Bonchev–Trinajstić information content (AvgIpc) is 3.15. The van der Waals surface area contributed by atoms with Crippen molar-refractivity contribution in [2.45, 2.75) is 46.6 Å². The Balaban J connectivity index is 2.07. The molecule has 0 aliphatic carbocycles. The quantitative estimate of drug-likeness (QED) is 0.917. The second-order valence-electron chi connectivity index (χ2n) is 6.63. The molecule has 0 bridgehead atoms. The fourth-order valence-corrected chi connectivity index (χ4v) is 3.93. The third-order valence-electron chi connectivity index (χ3n) is 5.14. The largest absolute Gasteiger partial charge is 0.478 e. The van der Waals surface area contributed by atoms with Crippen LogP contribution in [-0.2, 0) is 13.0 Å². The SMILES string of the molecule is CCn1cc(CCN2CCCC2)c2c(C)c(C(=O)O)cc(C)c21. The van der Waals surface area contributed by atoms with E-state index in [0.717, 1.165) is 36.0 Å². The van der Waals surface area contributed by atoms with Crippen LogP contribution in [-0.4, -0.2) is 40.2 Å². The number of likely N-dealkylation sites (tertiary alicyclic amines) is 1. The fourth-order valence-electron chi connectivity index (χ4n) is 3.93. The number of benzene rings is 1. The lowest BCUT2D eigenvalue weighted by molar-refractivity contribution is 0.0696. The van der Waals surface area contributed by atoms with Gasteiger partial charge in [0.05, 0.1) is 11.1 Å². The summed E-state index contributed by atoms with van der Waals surface area (Å²) >= 11 is 0. The predicted molar refractivity (Wildman–Crippen MR) is 93.4 cm³/mol. The first-order valence-corrected chi connectivity index (χ1v) is 8.60. The molecule has 124 valence electrons. The molecule has 1 N–H and O–H groups in total. The minimum atomic E-state index is -0.831. The number of aromatic nitrogens is 1. The fraction of sp³-hybridized carbons (Fsp3) is 0.526. The molecular formula is C19H26N2O2. The first-order chi connectivity index (χ1) is 11.0. The number of nitrogens with zero attached hydrogens (tertiary/aromatic N) is 2. The van der Waals surface area contributed by atoms with Crippen molar-refractivity contribution in [1.29, 1.82) is 0 Å². The summed E-state index contributed by atoms with van der Waals surface area (Å²) in [6.07, 6.45) is 5.83. The monoisotopic (exact) mass is 314 g/mol. The summed E-state index contributed by atoms with van der Waals surface area (Å²) in [5.74, 6) is -0.831. The summed E-state index contributed by atoms with van der Waals surface area (Å²) in [5.41, 5.74) is 4.88. The van der Waals surface area contributed by atoms with Gasteiger partial charge < -0.3 is 14.6 Å². The minimum Gasteiger partial charge on any atom is -0.478 e. The second kappa shape index (κ2) is 6.36. The molecule has 0 spiro atoms. The first kappa shape index (κ1) is 16.1. The van der Waals surface area contributed by atoms with Crippen LogP contribution >= 0.6 is 0 Å². The summed E-state index contributed by atoms with van der Waals surface area (Å²) < 4.78 is 2.27. The predicted octanol–water partition coefficient (Wildman–Crippen LogP) is 3.61. The van der Waals surface area contributed by atoms with Gasteiger partial charge in [-0.25, -0.2) is 4.79 Å². The highest BCUT2D eigenvalue weighted by molar-refractivity contribution is 6.00. The van der Waals surface area contributed by atoms with E-state index in [-0.39, 0.29) is 0 Å². The van der Waals surface area contributed by atoms with E-state index in [1.54, 1.807) is 0 Å². The van der Waals surface area contributed by atoms with Crippen LogP contribution in [0, 0.1) is 13.8 Å². The molecule has 4 nitrogen and oxygen atoms in total. The Hall–Kier alpha value is -1.81. The molecule has 1 aliphatic heterocycles. The average molecular weight is 314 g/mol. The maximum Gasteiger partial charge on any atom is 0.335 e. The number of carboxylic acid groups (broad SMARTS) is 1. The Morgan fingerprint density at radius 2 is 1.96 bits per heavy atom. The molecule has 2 heterocycles. The second-order valence-corrected chi connectivity index (χ2v) is 6.63. The standard InChI is InChI=1S/C19H26N2O2/c1-4-21-12-15(7-10-20-8-5-6-9-20)17-14(3)16(19(22)23)11-13(2)18(17)21/h11-12H,4-10H2,1-3H3,(H,22,23). The van der Waals surface area contributed by atoms with E-state index in [1.807, 2.05) is 19.9 Å². The van der Waals surface area contributed by atoms with Gasteiger partial charge in [0, 0.05) is 24.7 Å². The molecule has 1 saturated heterocycles. The Morgan fingerprint density at radius 3 is 2.57 bits per heavy atom. The molecule has 1 aliphatic rings. The van der Waals surface area contributed by atoms with E-state index in [0.29, 0.717) is 5.56 Å². The maximum atomic E-state index is 11.6. The summed E-state index contributed by atoms with van der Waals surface area (Å²) in [4.78, 5) is 14.1. The van der Waals surface area contributed by atoms with Gasteiger partial charge in [-0.15, -0.1) is 0 Å². The van der Waals surface area contributed by atoms with E-state index in [2.05, 4.69) is 22.6 Å². The van der Waals surface area contributed by atoms with Crippen LogP contribution < -0.4 is 0 Å². The molecule has 23 heavy (non-hydrogen) atoms. The number of aryl methyl sites for hydroxylation is 3. The van der Waals surface area contributed by atoms with Crippen molar-refractivity contribution in [2.75, 3.05) is 19.6 Å². The molecule has 0 atom stereocenters. The van der Waals surface area contributed by atoms with Crippen molar-refractivity contribution >= 4 is 16.9 Å². The maximum absolute atomic E-state index is 11.6. The van der Waals surface area contributed by atoms with E-state index in [9.17, 15) is 9.90 Å². The van der Waals surface area contributed by atoms with E-state index >= 15 is 0 Å². The van der Waals surface area contributed by atoms with Gasteiger partial charge in [0.1, 0.15) is 0 Å². The highest BCUT2D eigenvalue weighted by Gasteiger charge is 2.19. The Morgan fingerprint density at radius 1 is 1.26 bits per heavy atom. The Kier molecular flexibility index (Phi) is 4.44. The van der Waals surface area contributed by atoms with E-state index < -0.39 is 5.97 Å². The summed E-state index contributed by atoms with van der Waals surface area (Å²) in [6, 6.07) is 1.82. The number of hydrogen-bond donors (Lipinski definition) is 1. The molecular weight excluding hydrogens is 288 g/mol.